The molecule has 0 saturated heterocycles. The van der Waals surface area contributed by atoms with Crippen molar-refractivity contribution in [2.75, 3.05) is 0 Å². The normalized spacial score (nSPS) is 9.18. The SMILES string of the molecule is CC(=O)Oc1coccc1=S. The molecule has 0 saturated carbocycles. The maximum Gasteiger partial charge on any atom is 0.308 e. The molecule has 0 aliphatic carbocycles. The van der Waals surface area contributed by atoms with Gasteiger partial charge in [-0.05, 0) is 6.07 Å². The summed E-state index contributed by atoms with van der Waals surface area (Å²) in [5.74, 6) is -0.118. The standard InChI is InChI=1S/C7H6O3S/c1-5(8)10-6-4-9-3-2-7(6)11/h2-4H,1H3. The summed E-state index contributed by atoms with van der Waals surface area (Å²) in [6.45, 7) is 1.31. The molecule has 0 aromatic carbocycles. The molecule has 1 aromatic heterocycles. The van der Waals surface area contributed by atoms with Crippen molar-refractivity contribution in [1.29, 1.82) is 0 Å². The lowest BCUT2D eigenvalue weighted by molar-refractivity contribution is -0.132. The van der Waals surface area contributed by atoms with Gasteiger partial charge in [-0.15, -0.1) is 0 Å². The molecule has 0 radical (unpaired) electrons. The lowest BCUT2D eigenvalue weighted by Gasteiger charge is -1.97. The Hall–Kier alpha value is -1.16. The van der Waals surface area contributed by atoms with Crippen LogP contribution in [0.25, 0.3) is 0 Å². The highest BCUT2D eigenvalue weighted by Crippen LogP contribution is 2.11. The summed E-state index contributed by atoms with van der Waals surface area (Å²) in [5, 5.41) is 0. The minimum Gasteiger partial charge on any atom is -0.469 e. The molecule has 4 heteroatoms. The molecule has 11 heavy (non-hydrogen) atoms. The second-order valence-electron chi connectivity index (χ2n) is 1.88. The van der Waals surface area contributed by atoms with Crippen molar-refractivity contribution in [1.82, 2.24) is 0 Å². The van der Waals surface area contributed by atoms with Gasteiger partial charge in [0.15, 0.2) is 5.75 Å². The first-order chi connectivity index (χ1) is 5.20. The predicted molar refractivity (Wildman–Crippen MR) is 40.9 cm³/mol. The van der Waals surface area contributed by atoms with Gasteiger partial charge < -0.3 is 9.15 Å². The van der Waals surface area contributed by atoms with Crippen molar-refractivity contribution in [3.63, 3.8) is 0 Å². The van der Waals surface area contributed by atoms with Crippen molar-refractivity contribution >= 4 is 18.2 Å². The fraction of sp³-hybridized carbons (Fsp3) is 0.143. The number of carbonyl (C=O) groups is 1. The molecule has 0 bridgehead atoms. The van der Waals surface area contributed by atoms with Crippen molar-refractivity contribution in [3.8, 4) is 5.75 Å². The zero-order valence-electron chi connectivity index (χ0n) is 5.87. The third-order valence-electron chi connectivity index (χ3n) is 0.970. The monoisotopic (exact) mass is 170 g/mol. The summed E-state index contributed by atoms with van der Waals surface area (Å²) in [7, 11) is 0. The molecule has 1 heterocycles. The lowest BCUT2D eigenvalue weighted by atomic mass is 10.5. The van der Waals surface area contributed by atoms with E-state index >= 15 is 0 Å². The summed E-state index contributed by atoms with van der Waals surface area (Å²) >= 11 is 4.83. The number of esters is 1. The lowest BCUT2D eigenvalue weighted by Crippen LogP contribution is -2.01. The minimum absolute atomic E-state index is 0.287. The van der Waals surface area contributed by atoms with Crippen molar-refractivity contribution in [2.24, 2.45) is 0 Å². The van der Waals surface area contributed by atoms with Crippen LogP contribution in [0, 0.1) is 4.51 Å². The number of ether oxygens (including phenoxy) is 1. The fourth-order valence-electron chi connectivity index (χ4n) is 0.572. The van der Waals surface area contributed by atoms with Crippen LogP contribution >= 0.6 is 12.2 Å². The van der Waals surface area contributed by atoms with Crippen LogP contribution in [0.4, 0.5) is 0 Å². The first kappa shape index (κ1) is 7.94. The molecule has 0 fully saturated rings. The average molecular weight is 170 g/mol. The Morgan fingerprint density at radius 1 is 1.73 bits per heavy atom. The molecular formula is C7H6O3S. The highest BCUT2D eigenvalue weighted by Gasteiger charge is 1.98. The maximum atomic E-state index is 10.5. The number of hydrogen-bond donors (Lipinski definition) is 0. The second kappa shape index (κ2) is 3.30. The van der Waals surface area contributed by atoms with Crippen LogP contribution in [0.5, 0.6) is 5.75 Å². The second-order valence-corrected chi connectivity index (χ2v) is 2.32. The van der Waals surface area contributed by atoms with E-state index in [-0.39, 0.29) is 5.75 Å². The highest BCUT2D eigenvalue weighted by atomic mass is 32.1. The smallest absolute Gasteiger partial charge is 0.308 e. The number of hydrogen-bond acceptors (Lipinski definition) is 4. The Labute approximate surface area is 68.6 Å². The molecule has 0 N–H and O–H groups in total. The Bertz CT molecular complexity index is 315. The fourth-order valence-corrected chi connectivity index (χ4v) is 0.717. The van der Waals surface area contributed by atoms with Gasteiger partial charge in [0.25, 0.3) is 0 Å². The van der Waals surface area contributed by atoms with Gasteiger partial charge in [0.05, 0.1) is 10.8 Å². The van der Waals surface area contributed by atoms with Crippen LogP contribution in [0.2, 0.25) is 0 Å². The van der Waals surface area contributed by atoms with E-state index in [4.69, 9.17) is 21.4 Å². The minimum atomic E-state index is -0.405. The van der Waals surface area contributed by atoms with Crippen LogP contribution in [0.15, 0.2) is 23.0 Å². The Morgan fingerprint density at radius 3 is 3.00 bits per heavy atom. The third-order valence-corrected chi connectivity index (χ3v) is 1.31. The molecule has 0 aliphatic heterocycles. The summed E-state index contributed by atoms with van der Waals surface area (Å²) < 4.78 is 9.92. The van der Waals surface area contributed by atoms with E-state index in [2.05, 4.69) is 0 Å². The number of rotatable bonds is 1. The molecule has 0 aliphatic rings. The van der Waals surface area contributed by atoms with Crippen LogP contribution in [0.1, 0.15) is 6.92 Å². The van der Waals surface area contributed by atoms with Gasteiger partial charge in [-0.2, -0.15) is 0 Å². The molecule has 1 rings (SSSR count). The largest absolute Gasteiger partial charge is 0.469 e. The van der Waals surface area contributed by atoms with E-state index in [0.717, 1.165) is 0 Å². The Kier molecular flexibility index (Phi) is 2.38. The third kappa shape index (κ3) is 2.16. The summed E-state index contributed by atoms with van der Waals surface area (Å²) in [4.78, 5) is 10.5. The van der Waals surface area contributed by atoms with Gasteiger partial charge >= 0.3 is 5.97 Å². The van der Waals surface area contributed by atoms with Crippen molar-refractivity contribution in [2.45, 2.75) is 6.92 Å². The molecule has 58 valence electrons. The van der Waals surface area contributed by atoms with E-state index < -0.39 is 5.97 Å². The van der Waals surface area contributed by atoms with E-state index in [1.807, 2.05) is 0 Å². The van der Waals surface area contributed by atoms with Crippen LogP contribution in [0.3, 0.4) is 0 Å². The molecule has 0 atom stereocenters. The van der Waals surface area contributed by atoms with E-state index in [0.29, 0.717) is 4.51 Å². The van der Waals surface area contributed by atoms with Crippen molar-refractivity contribution in [3.05, 3.63) is 23.1 Å². The molecular weight excluding hydrogens is 164 g/mol. The van der Waals surface area contributed by atoms with Crippen molar-refractivity contribution < 1.29 is 13.9 Å². The summed E-state index contributed by atoms with van der Waals surface area (Å²) in [5.41, 5.74) is 0. The van der Waals surface area contributed by atoms with E-state index in [1.165, 1.54) is 19.5 Å². The first-order valence-corrected chi connectivity index (χ1v) is 3.36. The van der Waals surface area contributed by atoms with Gasteiger partial charge in [0, 0.05) is 6.92 Å². The van der Waals surface area contributed by atoms with E-state index in [1.54, 1.807) is 6.07 Å². The quantitative estimate of drug-likeness (QED) is 0.477. The van der Waals surface area contributed by atoms with E-state index in [9.17, 15) is 4.79 Å². The van der Waals surface area contributed by atoms with Gasteiger partial charge in [-0.1, -0.05) is 12.2 Å². The summed E-state index contributed by atoms with van der Waals surface area (Å²) in [6, 6.07) is 1.55. The molecule has 0 unspecified atom stereocenters. The Balaban J connectivity index is 2.95. The van der Waals surface area contributed by atoms with Gasteiger partial charge in [0.2, 0.25) is 0 Å². The van der Waals surface area contributed by atoms with Gasteiger partial charge in [-0.25, -0.2) is 0 Å². The van der Waals surface area contributed by atoms with Gasteiger partial charge in [0.1, 0.15) is 6.26 Å². The topological polar surface area (TPSA) is 39.4 Å². The summed E-state index contributed by atoms with van der Waals surface area (Å²) in [6.07, 6.45) is 2.72. The predicted octanol–water partition coefficient (Wildman–Crippen LogP) is 1.93. The average Bonchev–Trinajstić information content (AvgIpc) is 1.93. The zero-order valence-corrected chi connectivity index (χ0v) is 6.68. The maximum absolute atomic E-state index is 10.5. The molecule has 0 amide bonds. The molecule has 0 spiro atoms. The van der Waals surface area contributed by atoms with Gasteiger partial charge in [-0.3, -0.25) is 4.79 Å². The first-order valence-electron chi connectivity index (χ1n) is 2.95. The number of carbonyl (C=O) groups excluding carboxylic acids is 1. The van der Waals surface area contributed by atoms with Crippen LogP contribution in [-0.4, -0.2) is 5.97 Å². The highest BCUT2D eigenvalue weighted by molar-refractivity contribution is 7.71. The van der Waals surface area contributed by atoms with Crippen LogP contribution in [-0.2, 0) is 4.79 Å². The molecule has 1 aromatic rings. The Morgan fingerprint density at radius 2 is 2.45 bits per heavy atom. The van der Waals surface area contributed by atoms with Crippen LogP contribution < -0.4 is 4.74 Å². The molecule has 3 nitrogen and oxygen atoms in total. The zero-order chi connectivity index (χ0) is 8.27.